The van der Waals surface area contributed by atoms with Crippen molar-refractivity contribution in [3.63, 3.8) is 0 Å². The van der Waals surface area contributed by atoms with Crippen LogP contribution in [-0.2, 0) is 28.5 Å². The van der Waals surface area contributed by atoms with E-state index in [9.17, 15) is 22.8 Å². The molecule has 0 aliphatic heterocycles. The maximum Gasteiger partial charge on any atom is 0.416 e. The molecule has 0 fully saturated rings. The van der Waals surface area contributed by atoms with E-state index in [1.165, 1.54) is 34.7 Å². The Morgan fingerprint density at radius 1 is 1.19 bits per heavy atom. The highest BCUT2D eigenvalue weighted by molar-refractivity contribution is 7.14. The molecule has 31 heavy (non-hydrogen) atoms. The smallest absolute Gasteiger partial charge is 0.416 e. The summed E-state index contributed by atoms with van der Waals surface area (Å²) in [5.41, 5.74) is 0.256. The SMILES string of the molecule is O=C(COC(=O)c1cc2c(s1)CCCC2)Nc1cc(C(F)(F)F)ccc1-n1cncn1. The summed E-state index contributed by atoms with van der Waals surface area (Å²) in [5, 5.41) is 6.25. The molecule has 1 aliphatic rings. The monoisotopic (exact) mass is 450 g/mol. The Balaban J connectivity index is 1.46. The zero-order valence-electron chi connectivity index (χ0n) is 16.1. The maximum absolute atomic E-state index is 13.1. The number of esters is 1. The van der Waals surface area contributed by atoms with Gasteiger partial charge in [0.25, 0.3) is 5.91 Å². The van der Waals surface area contributed by atoms with Gasteiger partial charge in [0, 0.05) is 4.88 Å². The average Bonchev–Trinajstić information content (AvgIpc) is 3.41. The van der Waals surface area contributed by atoms with Crippen LogP contribution in [0.5, 0.6) is 0 Å². The highest BCUT2D eigenvalue weighted by Crippen LogP contribution is 2.33. The lowest BCUT2D eigenvalue weighted by Gasteiger charge is -2.14. The van der Waals surface area contributed by atoms with E-state index in [0.29, 0.717) is 4.88 Å². The standard InChI is InChI=1S/C20H17F3N4O3S/c21-20(22,23)13-5-6-15(27-11-24-10-25-27)14(8-13)26-18(28)9-30-19(29)17-7-12-3-1-2-4-16(12)31-17/h5-8,10-11H,1-4,9H2,(H,26,28). The topological polar surface area (TPSA) is 86.1 Å². The van der Waals surface area contributed by atoms with Gasteiger partial charge in [0.15, 0.2) is 6.61 Å². The van der Waals surface area contributed by atoms with Crippen molar-refractivity contribution in [3.8, 4) is 5.69 Å². The van der Waals surface area contributed by atoms with Crippen molar-refractivity contribution in [2.45, 2.75) is 31.9 Å². The predicted molar refractivity (Wildman–Crippen MR) is 106 cm³/mol. The van der Waals surface area contributed by atoms with Crippen LogP contribution >= 0.6 is 11.3 Å². The van der Waals surface area contributed by atoms with Gasteiger partial charge in [0.2, 0.25) is 0 Å². The molecule has 2 heterocycles. The second kappa shape index (κ2) is 8.50. The molecule has 0 spiro atoms. The van der Waals surface area contributed by atoms with Crippen molar-refractivity contribution in [2.24, 2.45) is 0 Å². The van der Waals surface area contributed by atoms with E-state index in [0.717, 1.165) is 48.3 Å². The number of hydrogen-bond acceptors (Lipinski definition) is 6. The summed E-state index contributed by atoms with van der Waals surface area (Å²) in [4.78, 5) is 29.9. The van der Waals surface area contributed by atoms with Crippen LogP contribution in [0, 0.1) is 0 Å². The highest BCUT2D eigenvalue weighted by atomic mass is 32.1. The number of fused-ring (bicyclic) bond motifs is 1. The van der Waals surface area contributed by atoms with Crippen molar-refractivity contribution in [2.75, 3.05) is 11.9 Å². The first-order valence-corrected chi connectivity index (χ1v) is 10.3. The number of aromatic nitrogens is 3. The second-order valence-electron chi connectivity index (χ2n) is 6.96. The third-order valence-corrected chi connectivity index (χ3v) is 6.01. The van der Waals surface area contributed by atoms with Gasteiger partial charge < -0.3 is 10.1 Å². The van der Waals surface area contributed by atoms with Crippen molar-refractivity contribution >= 4 is 28.9 Å². The van der Waals surface area contributed by atoms with E-state index in [2.05, 4.69) is 15.4 Å². The van der Waals surface area contributed by atoms with Gasteiger partial charge in [0.1, 0.15) is 17.5 Å². The van der Waals surface area contributed by atoms with E-state index >= 15 is 0 Å². The fourth-order valence-corrected chi connectivity index (χ4v) is 4.47. The molecular weight excluding hydrogens is 433 g/mol. The minimum Gasteiger partial charge on any atom is -0.451 e. The normalized spacial score (nSPS) is 13.5. The van der Waals surface area contributed by atoms with Crippen LogP contribution in [0.3, 0.4) is 0 Å². The molecule has 7 nitrogen and oxygen atoms in total. The highest BCUT2D eigenvalue weighted by Gasteiger charge is 2.31. The van der Waals surface area contributed by atoms with Gasteiger partial charge >= 0.3 is 12.1 Å². The lowest BCUT2D eigenvalue weighted by Crippen LogP contribution is -2.22. The number of hydrogen-bond donors (Lipinski definition) is 1. The van der Waals surface area contributed by atoms with Gasteiger partial charge in [-0.15, -0.1) is 11.3 Å². The molecule has 1 amide bonds. The minimum absolute atomic E-state index is 0.132. The number of alkyl halides is 3. The molecule has 4 rings (SSSR count). The number of benzene rings is 1. The summed E-state index contributed by atoms with van der Waals surface area (Å²) in [6.07, 6.45) is 1.91. The fraction of sp³-hybridized carbons (Fsp3) is 0.300. The van der Waals surface area contributed by atoms with E-state index in [-0.39, 0.29) is 11.4 Å². The lowest BCUT2D eigenvalue weighted by atomic mass is 9.99. The summed E-state index contributed by atoms with van der Waals surface area (Å²) < 4.78 is 45.6. The van der Waals surface area contributed by atoms with E-state index in [1.54, 1.807) is 6.07 Å². The van der Waals surface area contributed by atoms with Crippen molar-refractivity contribution in [3.05, 3.63) is 57.8 Å². The van der Waals surface area contributed by atoms with Crippen molar-refractivity contribution in [1.29, 1.82) is 0 Å². The van der Waals surface area contributed by atoms with Gasteiger partial charge in [-0.3, -0.25) is 4.79 Å². The molecule has 0 saturated heterocycles. The minimum atomic E-state index is -4.59. The number of nitrogens with one attached hydrogen (secondary N) is 1. The number of anilines is 1. The van der Waals surface area contributed by atoms with Crippen LogP contribution in [-0.4, -0.2) is 33.2 Å². The van der Waals surface area contributed by atoms with Crippen molar-refractivity contribution < 1.29 is 27.5 Å². The summed E-state index contributed by atoms with van der Waals surface area (Å²) in [7, 11) is 0. The van der Waals surface area contributed by atoms with Gasteiger partial charge in [-0.1, -0.05) is 0 Å². The second-order valence-corrected chi connectivity index (χ2v) is 8.10. The number of carbonyl (C=O) groups is 2. The molecule has 3 aromatic rings. The molecule has 0 radical (unpaired) electrons. The Morgan fingerprint density at radius 3 is 2.71 bits per heavy atom. The quantitative estimate of drug-likeness (QED) is 0.594. The Kier molecular flexibility index (Phi) is 5.77. The summed E-state index contributed by atoms with van der Waals surface area (Å²) in [5.74, 6) is -1.40. The molecular formula is C20H17F3N4O3S. The number of halogens is 3. The molecule has 0 unspecified atom stereocenters. The molecule has 1 aromatic carbocycles. The van der Waals surface area contributed by atoms with Crippen LogP contribution in [0.4, 0.5) is 18.9 Å². The van der Waals surface area contributed by atoms with E-state index in [4.69, 9.17) is 4.74 Å². The van der Waals surface area contributed by atoms with Gasteiger partial charge in [-0.2, -0.15) is 18.3 Å². The average molecular weight is 450 g/mol. The largest absolute Gasteiger partial charge is 0.451 e. The summed E-state index contributed by atoms with van der Waals surface area (Å²) in [6.45, 7) is -0.631. The molecule has 0 atom stereocenters. The molecule has 0 bridgehead atoms. The van der Waals surface area contributed by atoms with E-state index < -0.39 is 30.2 Å². The Bertz CT molecular complexity index is 1090. The fourth-order valence-electron chi connectivity index (χ4n) is 3.32. The number of thiophene rings is 1. The van der Waals surface area contributed by atoms with Crippen LogP contribution in [0.25, 0.3) is 5.69 Å². The molecule has 1 N–H and O–H groups in total. The summed E-state index contributed by atoms with van der Waals surface area (Å²) in [6, 6.07) is 4.64. The molecule has 11 heteroatoms. The summed E-state index contributed by atoms with van der Waals surface area (Å²) >= 11 is 1.35. The number of nitrogens with zero attached hydrogens (tertiary/aromatic N) is 3. The van der Waals surface area contributed by atoms with Crippen LogP contribution in [0.15, 0.2) is 36.9 Å². The predicted octanol–water partition coefficient (Wildman–Crippen LogP) is 4.02. The number of aryl methyl sites for hydroxylation is 2. The van der Waals surface area contributed by atoms with Gasteiger partial charge in [0.05, 0.1) is 16.9 Å². The zero-order valence-corrected chi connectivity index (χ0v) is 16.9. The maximum atomic E-state index is 13.1. The first kappa shape index (κ1) is 21.0. The molecule has 1 aliphatic carbocycles. The first-order valence-electron chi connectivity index (χ1n) is 9.46. The molecule has 0 saturated carbocycles. The van der Waals surface area contributed by atoms with Gasteiger partial charge in [-0.05, 0) is 55.5 Å². The van der Waals surface area contributed by atoms with Crippen molar-refractivity contribution in [1.82, 2.24) is 14.8 Å². The molecule has 2 aromatic heterocycles. The number of ether oxygens (including phenoxy) is 1. The first-order chi connectivity index (χ1) is 14.8. The third kappa shape index (κ3) is 4.76. The Labute approximate surface area is 178 Å². The number of rotatable bonds is 5. The molecule has 162 valence electrons. The third-order valence-electron chi connectivity index (χ3n) is 4.80. The Morgan fingerprint density at radius 2 is 2.00 bits per heavy atom. The zero-order chi connectivity index (χ0) is 22.0. The lowest BCUT2D eigenvalue weighted by molar-refractivity contribution is -0.137. The van der Waals surface area contributed by atoms with Gasteiger partial charge in [-0.25, -0.2) is 14.5 Å². The Hall–Kier alpha value is -3.21. The number of amides is 1. The van der Waals surface area contributed by atoms with Crippen LogP contribution < -0.4 is 5.32 Å². The van der Waals surface area contributed by atoms with Crippen LogP contribution in [0.2, 0.25) is 0 Å². The van der Waals surface area contributed by atoms with Crippen LogP contribution in [0.1, 0.15) is 38.5 Å². The number of carbonyl (C=O) groups excluding carboxylic acids is 2. The van der Waals surface area contributed by atoms with E-state index in [1.807, 2.05) is 0 Å².